The second-order valence-electron chi connectivity index (χ2n) is 8.39. The molecule has 0 aliphatic heterocycles. The van der Waals surface area contributed by atoms with E-state index in [0.29, 0.717) is 23.5 Å². The standard InChI is InChI=1S/C29H28N4O2/c1-20-12-17-25(18-21(20)2)33(29(35)31-24-8-4-3-5-9-24)19-22-13-15-23(16-14-22)28(34)32-27-11-7-6-10-26(27)30/h3-18H,19,30H2,1-2H3,(H,31,35)(H,32,34). The summed E-state index contributed by atoms with van der Waals surface area (Å²) in [7, 11) is 0. The molecule has 0 aliphatic carbocycles. The molecule has 35 heavy (non-hydrogen) atoms. The van der Waals surface area contributed by atoms with Gasteiger partial charge in [0.05, 0.1) is 17.9 Å². The number of aryl methyl sites for hydroxylation is 2. The van der Waals surface area contributed by atoms with Crippen molar-refractivity contribution in [2.75, 3.05) is 21.3 Å². The highest BCUT2D eigenvalue weighted by molar-refractivity contribution is 6.06. The molecule has 0 atom stereocenters. The molecule has 4 aromatic rings. The number of amides is 3. The Morgan fingerprint density at radius 1 is 0.771 bits per heavy atom. The van der Waals surface area contributed by atoms with Crippen LogP contribution in [0.3, 0.4) is 0 Å². The lowest BCUT2D eigenvalue weighted by Crippen LogP contribution is -2.34. The van der Waals surface area contributed by atoms with E-state index in [2.05, 4.69) is 10.6 Å². The van der Waals surface area contributed by atoms with E-state index in [1.54, 1.807) is 29.2 Å². The van der Waals surface area contributed by atoms with E-state index >= 15 is 0 Å². The lowest BCUT2D eigenvalue weighted by Gasteiger charge is -2.24. The molecule has 0 fully saturated rings. The molecule has 4 N–H and O–H groups in total. The number of anilines is 4. The van der Waals surface area contributed by atoms with Crippen molar-refractivity contribution in [3.05, 3.63) is 119 Å². The van der Waals surface area contributed by atoms with Crippen molar-refractivity contribution in [1.82, 2.24) is 0 Å². The van der Waals surface area contributed by atoms with Crippen LogP contribution >= 0.6 is 0 Å². The molecular weight excluding hydrogens is 436 g/mol. The molecule has 0 spiro atoms. The Labute approximate surface area is 205 Å². The molecule has 3 amide bonds. The van der Waals surface area contributed by atoms with E-state index in [4.69, 9.17) is 5.73 Å². The predicted octanol–water partition coefficient (Wildman–Crippen LogP) is 6.38. The third-order valence-corrected chi connectivity index (χ3v) is 5.84. The summed E-state index contributed by atoms with van der Waals surface area (Å²) in [6.45, 7) is 4.41. The molecule has 176 valence electrons. The number of urea groups is 1. The smallest absolute Gasteiger partial charge is 0.326 e. The highest BCUT2D eigenvalue weighted by atomic mass is 16.2. The van der Waals surface area contributed by atoms with Gasteiger partial charge >= 0.3 is 6.03 Å². The normalized spacial score (nSPS) is 10.5. The highest BCUT2D eigenvalue weighted by Gasteiger charge is 2.18. The van der Waals surface area contributed by atoms with Gasteiger partial charge in [0.1, 0.15) is 0 Å². The van der Waals surface area contributed by atoms with E-state index in [1.807, 2.05) is 86.6 Å². The van der Waals surface area contributed by atoms with Crippen LogP contribution in [-0.4, -0.2) is 11.9 Å². The van der Waals surface area contributed by atoms with E-state index in [-0.39, 0.29) is 11.9 Å². The summed E-state index contributed by atoms with van der Waals surface area (Å²) in [4.78, 5) is 27.6. The molecule has 0 aromatic heterocycles. The zero-order valence-electron chi connectivity index (χ0n) is 19.8. The van der Waals surface area contributed by atoms with Crippen LogP contribution in [-0.2, 0) is 6.54 Å². The topological polar surface area (TPSA) is 87.5 Å². The third-order valence-electron chi connectivity index (χ3n) is 5.84. The monoisotopic (exact) mass is 464 g/mol. The molecule has 6 nitrogen and oxygen atoms in total. The highest BCUT2D eigenvalue weighted by Crippen LogP contribution is 2.23. The Morgan fingerprint density at radius 3 is 2.14 bits per heavy atom. The quantitative estimate of drug-likeness (QED) is 0.290. The van der Waals surface area contributed by atoms with Crippen molar-refractivity contribution in [3.8, 4) is 0 Å². The van der Waals surface area contributed by atoms with E-state index in [9.17, 15) is 9.59 Å². The summed E-state index contributed by atoms with van der Waals surface area (Å²) in [5.74, 6) is -0.248. The number of nitrogens with zero attached hydrogens (tertiary/aromatic N) is 1. The Hall–Kier alpha value is -4.58. The van der Waals surface area contributed by atoms with Crippen molar-refractivity contribution >= 4 is 34.7 Å². The maximum absolute atomic E-state index is 13.3. The van der Waals surface area contributed by atoms with Gasteiger partial charge in [0.2, 0.25) is 0 Å². The van der Waals surface area contributed by atoms with E-state index in [0.717, 1.165) is 28.1 Å². The number of carbonyl (C=O) groups excluding carboxylic acids is 2. The number of hydrogen-bond acceptors (Lipinski definition) is 3. The van der Waals surface area contributed by atoms with Crippen LogP contribution in [0.4, 0.5) is 27.5 Å². The van der Waals surface area contributed by atoms with Gasteiger partial charge in [0.15, 0.2) is 0 Å². The Kier molecular flexibility index (Phi) is 7.12. The van der Waals surface area contributed by atoms with Crippen LogP contribution in [0.15, 0.2) is 97.1 Å². The SMILES string of the molecule is Cc1ccc(N(Cc2ccc(C(=O)Nc3ccccc3N)cc2)C(=O)Nc2ccccc2)cc1C. The Morgan fingerprint density at radius 2 is 1.46 bits per heavy atom. The number of benzene rings is 4. The average Bonchev–Trinajstić information content (AvgIpc) is 2.86. The number of nitrogens with one attached hydrogen (secondary N) is 2. The van der Waals surface area contributed by atoms with Gasteiger partial charge in [-0.2, -0.15) is 0 Å². The summed E-state index contributed by atoms with van der Waals surface area (Å²) in [6, 6.07) is 29.4. The average molecular weight is 465 g/mol. The fraction of sp³-hybridized carbons (Fsp3) is 0.103. The molecule has 4 rings (SSSR count). The number of nitrogens with two attached hydrogens (primary N) is 1. The molecule has 0 aliphatic rings. The van der Waals surface area contributed by atoms with Gasteiger partial charge in [-0.3, -0.25) is 9.69 Å². The summed E-state index contributed by atoms with van der Waals surface area (Å²) < 4.78 is 0. The first-order chi connectivity index (χ1) is 16.9. The molecular formula is C29H28N4O2. The largest absolute Gasteiger partial charge is 0.397 e. The molecule has 0 heterocycles. The Balaban J connectivity index is 1.54. The maximum Gasteiger partial charge on any atom is 0.326 e. The number of rotatable bonds is 6. The first-order valence-corrected chi connectivity index (χ1v) is 11.4. The number of carbonyl (C=O) groups is 2. The molecule has 4 aromatic carbocycles. The van der Waals surface area contributed by atoms with Crippen LogP contribution in [0.2, 0.25) is 0 Å². The van der Waals surface area contributed by atoms with Crippen LogP contribution in [0, 0.1) is 13.8 Å². The van der Waals surface area contributed by atoms with Gasteiger partial charge in [-0.25, -0.2) is 4.79 Å². The maximum atomic E-state index is 13.3. The summed E-state index contributed by atoms with van der Waals surface area (Å²) in [6.07, 6.45) is 0. The number of para-hydroxylation sites is 3. The second-order valence-corrected chi connectivity index (χ2v) is 8.39. The van der Waals surface area contributed by atoms with Crippen molar-refractivity contribution < 1.29 is 9.59 Å². The summed E-state index contributed by atoms with van der Waals surface area (Å²) >= 11 is 0. The van der Waals surface area contributed by atoms with E-state index < -0.39 is 0 Å². The van der Waals surface area contributed by atoms with Crippen molar-refractivity contribution in [2.45, 2.75) is 20.4 Å². The lowest BCUT2D eigenvalue weighted by molar-refractivity contribution is 0.102. The lowest BCUT2D eigenvalue weighted by atomic mass is 10.1. The first kappa shape index (κ1) is 23.6. The van der Waals surface area contributed by atoms with Crippen LogP contribution < -0.4 is 21.3 Å². The van der Waals surface area contributed by atoms with Crippen LogP contribution in [0.1, 0.15) is 27.0 Å². The van der Waals surface area contributed by atoms with Gasteiger partial charge in [-0.05, 0) is 79.1 Å². The van der Waals surface area contributed by atoms with Gasteiger partial charge in [-0.15, -0.1) is 0 Å². The summed E-state index contributed by atoms with van der Waals surface area (Å²) in [5, 5.41) is 5.80. The molecule has 0 saturated heterocycles. The van der Waals surface area contributed by atoms with E-state index in [1.165, 1.54) is 0 Å². The minimum Gasteiger partial charge on any atom is -0.397 e. The van der Waals surface area contributed by atoms with Gasteiger partial charge in [0, 0.05) is 16.9 Å². The van der Waals surface area contributed by atoms with Crippen molar-refractivity contribution in [2.24, 2.45) is 0 Å². The van der Waals surface area contributed by atoms with Gasteiger partial charge < -0.3 is 16.4 Å². The second kappa shape index (κ2) is 10.6. The van der Waals surface area contributed by atoms with Crippen LogP contribution in [0.5, 0.6) is 0 Å². The zero-order chi connectivity index (χ0) is 24.8. The van der Waals surface area contributed by atoms with Crippen LogP contribution in [0.25, 0.3) is 0 Å². The third kappa shape index (κ3) is 5.86. The minimum absolute atomic E-state index is 0.235. The summed E-state index contributed by atoms with van der Waals surface area (Å²) in [5.41, 5.74) is 12.2. The molecule has 6 heteroatoms. The fourth-order valence-corrected chi connectivity index (χ4v) is 3.64. The molecule has 0 saturated carbocycles. The predicted molar refractivity (Wildman–Crippen MR) is 143 cm³/mol. The number of hydrogen-bond donors (Lipinski definition) is 3. The van der Waals surface area contributed by atoms with Crippen molar-refractivity contribution in [1.29, 1.82) is 0 Å². The van der Waals surface area contributed by atoms with Gasteiger partial charge in [0.25, 0.3) is 5.91 Å². The number of nitrogen functional groups attached to an aromatic ring is 1. The Bertz CT molecular complexity index is 1330. The van der Waals surface area contributed by atoms with Gasteiger partial charge in [-0.1, -0.05) is 48.5 Å². The minimum atomic E-state index is -0.248. The fourth-order valence-electron chi connectivity index (χ4n) is 3.64. The van der Waals surface area contributed by atoms with Crippen molar-refractivity contribution in [3.63, 3.8) is 0 Å². The zero-order valence-corrected chi connectivity index (χ0v) is 19.8. The molecule has 0 radical (unpaired) electrons. The molecule has 0 bridgehead atoms. The molecule has 0 unspecified atom stereocenters. The first-order valence-electron chi connectivity index (χ1n) is 11.4.